The van der Waals surface area contributed by atoms with Crippen LogP contribution in [0.5, 0.6) is 0 Å². The molecule has 1 aromatic carbocycles. The molecule has 2 aromatic heterocycles. The highest BCUT2D eigenvalue weighted by atomic mass is 14.9. The van der Waals surface area contributed by atoms with E-state index in [2.05, 4.69) is 60.1 Å². The van der Waals surface area contributed by atoms with Crippen molar-refractivity contribution in [3.63, 3.8) is 0 Å². The van der Waals surface area contributed by atoms with E-state index in [1.54, 1.807) is 0 Å². The second kappa shape index (κ2) is 2.61. The van der Waals surface area contributed by atoms with Crippen LogP contribution in [0.3, 0.4) is 0 Å². The lowest BCUT2D eigenvalue weighted by Crippen LogP contribution is -1.81. The zero-order valence-electron chi connectivity index (χ0n) is 8.07. The van der Waals surface area contributed by atoms with Crippen molar-refractivity contribution in [2.75, 3.05) is 0 Å². The molecule has 2 heterocycles. The van der Waals surface area contributed by atoms with E-state index in [1.807, 2.05) is 0 Å². The van der Waals surface area contributed by atoms with Gasteiger partial charge in [0.2, 0.25) is 0 Å². The quantitative estimate of drug-likeness (QED) is 0.500. The van der Waals surface area contributed by atoms with Gasteiger partial charge in [-0.1, -0.05) is 24.3 Å². The molecule has 0 N–H and O–H groups in total. The summed E-state index contributed by atoms with van der Waals surface area (Å²) in [7, 11) is 0. The van der Waals surface area contributed by atoms with E-state index in [1.165, 1.54) is 21.9 Å². The Morgan fingerprint density at radius 3 is 2.86 bits per heavy atom. The summed E-state index contributed by atoms with van der Waals surface area (Å²) in [4.78, 5) is 0. The Hall–Kier alpha value is -1.76. The zero-order chi connectivity index (χ0) is 9.54. The molecule has 0 atom stereocenters. The largest absolute Gasteiger partial charge is 0.323 e. The minimum atomic E-state index is 1.29. The van der Waals surface area contributed by atoms with Gasteiger partial charge in [0.15, 0.2) is 0 Å². The van der Waals surface area contributed by atoms with Crippen molar-refractivity contribution in [1.29, 1.82) is 0 Å². The maximum atomic E-state index is 2.22. The lowest BCUT2D eigenvalue weighted by molar-refractivity contribution is 1.20. The van der Waals surface area contributed by atoms with Crippen LogP contribution in [0.2, 0.25) is 0 Å². The van der Waals surface area contributed by atoms with Crippen LogP contribution in [0, 0.1) is 6.92 Å². The summed E-state index contributed by atoms with van der Waals surface area (Å²) in [6.45, 7) is 2.13. The molecule has 1 heteroatoms. The second-order valence-corrected chi connectivity index (χ2v) is 3.71. The predicted molar refractivity (Wildman–Crippen MR) is 59.6 cm³/mol. The fourth-order valence-corrected chi connectivity index (χ4v) is 1.99. The first-order chi connectivity index (χ1) is 6.84. The molecular formula is C13H11N. The first-order valence-corrected chi connectivity index (χ1v) is 4.81. The average Bonchev–Trinajstić information content (AvgIpc) is 2.59. The van der Waals surface area contributed by atoms with Crippen molar-refractivity contribution in [2.24, 2.45) is 0 Å². The van der Waals surface area contributed by atoms with Gasteiger partial charge in [-0.25, -0.2) is 0 Å². The summed E-state index contributed by atoms with van der Waals surface area (Å²) in [6, 6.07) is 12.9. The van der Waals surface area contributed by atoms with Crippen molar-refractivity contribution in [2.45, 2.75) is 6.92 Å². The van der Waals surface area contributed by atoms with E-state index in [-0.39, 0.29) is 0 Å². The fourth-order valence-electron chi connectivity index (χ4n) is 1.99. The van der Waals surface area contributed by atoms with Gasteiger partial charge in [0.05, 0.1) is 5.52 Å². The second-order valence-electron chi connectivity index (χ2n) is 3.71. The van der Waals surface area contributed by atoms with E-state index in [9.17, 15) is 0 Å². The van der Waals surface area contributed by atoms with Crippen molar-refractivity contribution in [3.8, 4) is 0 Å². The number of hydrogen-bond acceptors (Lipinski definition) is 0. The number of fused-ring (bicyclic) bond motifs is 3. The third-order valence-electron chi connectivity index (χ3n) is 2.64. The summed E-state index contributed by atoms with van der Waals surface area (Å²) in [6.07, 6.45) is 4.27. The number of nitrogens with zero attached hydrogens (tertiary/aromatic N) is 1. The minimum Gasteiger partial charge on any atom is -0.323 e. The minimum absolute atomic E-state index is 1.29. The van der Waals surface area contributed by atoms with Gasteiger partial charge >= 0.3 is 0 Å². The van der Waals surface area contributed by atoms with Gasteiger partial charge in [-0.05, 0) is 30.0 Å². The molecule has 14 heavy (non-hydrogen) atoms. The molecule has 3 aromatic rings. The zero-order valence-corrected chi connectivity index (χ0v) is 8.07. The Bertz CT molecular complexity index is 605. The first-order valence-electron chi connectivity index (χ1n) is 4.81. The Kier molecular flexibility index (Phi) is 1.42. The lowest BCUT2D eigenvalue weighted by Gasteiger charge is -2.00. The molecule has 0 spiro atoms. The highest BCUT2D eigenvalue weighted by molar-refractivity contribution is 5.96. The maximum absolute atomic E-state index is 2.22. The fraction of sp³-hybridized carbons (Fsp3) is 0.0769. The highest BCUT2D eigenvalue weighted by Gasteiger charge is 1.99. The number of hydrogen-bond donors (Lipinski definition) is 0. The third kappa shape index (κ3) is 0.956. The Labute approximate surface area is 82.6 Å². The molecule has 1 nitrogen and oxygen atoms in total. The number of pyridine rings is 1. The average molecular weight is 181 g/mol. The normalized spacial score (nSPS) is 11.2. The molecule has 0 fully saturated rings. The third-order valence-corrected chi connectivity index (χ3v) is 2.64. The first kappa shape index (κ1) is 7.63. The molecule has 0 bridgehead atoms. The summed E-state index contributed by atoms with van der Waals surface area (Å²) in [5.41, 5.74) is 2.60. The van der Waals surface area contributed by atoms with Crippen LogP contribution in [0.25, 0.3) is 16.3 Å². The molecular weight excluding hydrogens is 170 g/mol. The van der Waals surface area contributed by atoms with Crippen LogP contribution in [0.1, 0.15) is 5.56 Å². The lowest BCUT2D eigenvalue weighted by atomic mass is 10.1. The van der Waals surface area contributed by atoms with Gasteiger partial charge in [0.1, 0.15) is 0 Å². The van der Waals surface area contributed by atoms with Crippen LogP contribution in [-0.4, -0.2) is 4.40 Å². The van der Waals surface area contributed by atoms with Crippen molar-refractivity contribution >= 4 is 16.3 Å². The van der Waals surface area contributed by atoms with E-state index in [0.717, 1.165) is 0 Å². The van der Waals surface area contributed by atoms with Gasteiger partial charge in [0.25, 0.3) is 0 Å². The van der Waals surface area contributed by atoms with Crippen molar-refractivity contribution in [1.82, 2.24) is 4.40 Å². The van der Waals surface area contributed by atoms with Gasteiger partial charge < -0.3 is 4.40 Å². The van der Waals surface area contributed by atoms with Gasteiger partial charge in [-0.3, -0.25) is 0 Å². The topological polar surface area (TPSA) is 4.41 Å². The van der Waals surface area contributed by atoms with Crippen LogP contribution in [0.4, 0.5) is 0 Å². The molecule has 0 aliphatic carbocycles. The summed E-state index contributed by atoms with van der Waals surface area (Å²) in [5, 5.41) is 2.63. The van der Waals surface area contributed by atoms with Gasteiger partial charge in [-0.2, -0.15) is 0 Å². The SMILES string of the molecule is Cc1cc2c3ccccc3ccn2c1. The molecule has 0 radical (unpaired) electrons. The van der Waals surface area contributed by atoms with Crippen LogP contribution in [0.15, 0.2) is 48.8 Å². The van der Waals surface area contributed by atoms with E-state index < -0.39 is 0 Å². The van der Waals surface area contributed by atoms with Crippen LogP contribution in [-0.2, 0) is 0 Å². The molecule has 0 amide bonds. The van der Waals surface area contributed by atoms with Gasteiger partial charge in [-0.15, -0.1) is 0 Å². The van der Waals surface area contributed by atoms with Gasteiger partial charge in [0, 0.05) is 17.8 Å². The number of rotatable bonds is 0. The monoisotopic (exact) mass is 181 g/mol. The Balaban J connectivity index is 2.60. The van der Waals surface area contributed by atoms with Crippen molar-refractivity contribution < 1.29 is 0 Å². The van der Waals surface area contributed by atoms with Crippen molar-refractivity contribution in [3.05, 3.63) is 54.4 Å². The molecule has 0 aliphatic rings. The summed E-state index contributed by atoms with van der Waals surface area (Å²) in [5.74, 6) is 0. The molecule has 0 saturated carbocycles. The highest BCUT2D eigenvalue weighted by Crippen LogP contribution is 2.21. The van der Waals surface area contributed by atoms with E-state index in [4.69, 9.17) is 0 Å². The standard InChI is InChI=1S/C13H11N/c1-10-8-13-12-5-3-2-4-11(12)6-7-14(13)9-10/h2-9H,1H3. The van der Waals surface area contributed by atoms with Crippen LogP contribution >= 0.6 is 0 Å². The van der Waals surface area contributed by atoms with E-state index >= 15 is 0 Å². The molecule has 3 rings (SSSR count). The Morgan fingerprint density at radius 2 is 1.93 bits per heavy atom. The number of benzene rings is 1. The summed E-state index contributed by atoms with van der Waals surface area (Å²) < 4.78 is 2.18. The molecule has 0 saturated heterocycles. The number of aryl methyl sites for hydroxylation is 1. The van der Waals surface area contributed by atoms with Crippen LogP contribution < -0.4 is 0 Å². The number of aromatic nitrogens is 1. The molecule has 0 unspecified atom stereocenters. The molecule has 68 valence electrons. The maximum Gasteiger partial charge on any atom is 0.0531 e. The smallest absolute Gasteiger partial charge is 0.0531 e. The molecule has 0 aliphatic heterocycles. The summed E-state index contributed by atoms with van der Waals surface area (Å²) >= 11 is 0. The predicted octanol–water partition coefficient (Wildman–Crippen LogP) is 3.40. The van der Waals surface area contributed by atoms with E-state index in [0.29, 0.717) is 0 Å². The Morgan fingerprint density at radius 1 is 1.07 bits per heavy atom.